The van der Waals surface area contributed by atoms with Crippen LogP contribution >= 0.6 is 0 Å². The normalized spacial score (nSPS) is 11.3. The lowest BCUT2D eigenvalue weighted by Gasteiger charge is -2.32. The van der Waals surface area contributed by atoms with E-state index in [1.165, 1.54) is 0 Å². The number of hydrogen-bond donors (Lipinski definition) is 4. The van der Waals surface area contributed by atoms with Crippen molar-refractivity contribution in [1.82, 2.24) is 10.6 Å². The Bertz CT molecular complexity index is 720. The van der Waals surface area contributed by atoms with Gasteiger partial charge in [-0.25, -0.2) is 9.59 Å². The average Bonchev–Trinajstić information content (AvgIpc) is 2.75. The van der Waals surface area contributed by atoms with E-state index in [1.54, 1.807) is 6.07 Å². The molecule has 4 amide bonds. The molecule has 0 aliphatic heterocycles. The number of rotatable bonds is 12. The number of urea groups is 2. The summed E-state index contributed by atoms with van der Waals surface area (Å²) < 4.78 is 1.84. The summed E-state index contributed by atoms with van der Waals surface area (Å²) in [5, 5.41) is 11.6. The number of amides is 4. The molecule has 0 saturated heterocycles. The highest BCUT2D eigenvalue weighted by atomic mass is 127. The average molecular weight is 564 g/mol. The summed E-state index contributed by atoms with van der Waals surface area (Å²) in [6.45, 7) is 17.7. The molecular weight excluding hydrogens is 519 g/mol. The standard InChI is InChI=1S/C23H42N6O2.HI/c1-8-28(6,9-2)16-14-24-22(30)26-20-13-12-19(5)21(18-20)27-23(31)25-15-17-29(7,10-3)11-4;/h12-13,18H,8-11,14-17H2,1-7H3,(H2-2,24,25,26,27,30,31);1H/p+1. The van der Waals surface area contributed by atoms with E-state index < -0.39 is 0 Å². The summed E-state index contributed by atoms with van der Waals surface area (Å²) in [6, 6.07) is 5.02. The second-order valence-corrected chi connectivity index (χ2v) is 8.74. The molecule has 1 aromatic carbocycles. The SMILES string of the molecule is CC[N+](C)(CC)CCNC(=O)Nc1ccc(C)c(NC(=O)NCC[N+](C)(CC)CC)c1.[I-]. The Morgan fingerprint density at radius 1 is 0.781 bits per heavy atom. The van der Waals surface area contributed by atoms with Crippen LogP contribution in [0.25, 0.3) is 0 Å². The first-order chi connectivity index (χ1) is 14.6. The molecule has 0 aliphatic carbocycles. The van der Waals surface area contributed by atoms with Gasteiger partial charge in [-0.15, -0.1) is 0 Å². The Morgan fingerprint density at radius 2 is 1.22 bits per heavy atom. The maximum atomic E-state index is 12.3. The Hall–Kier alpha value is -1.59. The van der Waals surface area contributed by atoms with Gasteiger partial charge in [-0.3, -0.25) is 0 Å². The number of halogens is 1. The van der Waals surface area contributed by atoms with Crippen molar-refractivity contribution >= 4 is 23.4 Å². The molecule has 0 fully saturated rings. The van der Waals surface area contributed by atoms with Crippen LogP contribution in [-0.2, 0) is 0 Å². The maximum Gasteiger partial charge on any atom is 0.319 e. The van der Waals surface area contributed by atoms with Crippen LogP contribution in [0.2, 0.25) is 0 Å². The fourth-order valence-corrected chi connectivity index (χ4v) is 3.13. The van der Waals surface area contributed by atoms with E-state index in [0.717, 1.165) is 53.8 Å². The lowest BCUT2D eigenvalue weighted by Crippen LogP contribution is -3.00. The largest absolute Gasteiger partial charge is 1.00 e. The Balaban J connectivity index is 0.00000961. The molecule has 0 aromatic heterocycles. The zero-order valence-corrected chi connectivity index (χ0v) is 23.1. The predicted molar refractivity (Wildman–Crippen MR) is 129 cm³/mol. The molecule has 0 saturated carbocycles. The molecule has 184 valence electrons. The third-order valence-corrected chi connectivity index (χ3v) is 6.67. The lowest BCUT2D eigenvalue weighted by molar-refractivity contribution is -0.904. The molecule has 8 nitrogen and oxygen atoms in total. The molecule has 0 bridgehead atoms. The first-order valence-electron chi connectivity index (χ1n) is 11.5. The van der Waals surface area contributed by atoms with Crippen LogP contribution in [0.3, 0.4) is 0 Å². The molecular formula is C23H44IN6O2+. The van der Waals surface area contributed by atoms with E-state index in [-0.39, 0.29) is 36.0 Å². The van der Waals surface area contributed by atoms with Crippen LogP contribution in [0.15, 0.2) is 18.2 Å². The van der Waals surface area contributed by atoms with E-state index in [9.17, 15) is 9.59 Å². The van der Waals surface area contributed by atoms with Crippen molar-refractivity contribution < 1.29 is 42.5 Å². The number of benzene rings is 1. The van der Waals surface area contributed by atoms with Crippen molar-refractivity contribution in [3.05, 3.63) is 23.8 Å². The van der Waals surface area contributed by atoms with Crippen molar-refractivity contribution in [2.75, 3.05) is 77.1 Å². The number of nitrogens with zero attached hydrogens (tertiary/aromatic N) is 2. The van der Waals surface area contributed by atoms with E-state index in [4.69, 9.17) is 0 Å². The van der Waals surface area contributed by atoms with Gasteiger partial charge in [-0.2, -0.15) is 0 Å². The highest BCUT2D eigenvalue weighted by molar-refractivity contribution is 5.93. The van der Waals surface area contributed by atoms with Gasteiger partial charge >= 0.3 is 12.1 Å². The number of likely N-dealkylation sites (N-methyl/N-ethyl adjacent to an activating group) is 2. The molecule has 0 spiro atoms. The van der Waals surface area contributed by atoms with Crippen LogP contribution in [0.5, 0.6) is 0 Å². The first-order valence-corrected chi connectivity index (χ1v) is 11.5. The minimum Gasteiger partial charge on any atom is -1.00 e. The second kappa shape index (κ2) is 14.5. The Kier molecular flexibility index (Phi) is 13.8. The van der Waals surface area contributed by atoms with Gasteiger partial charge in [0.15, 0.2) is 0 Å². The minimum atomic E-state index is -0.241. The zero-order valence-electron chi connectivity index (χ0n) is 21.0. The third kappa shape index (κ3) is 10.4. The fourth-order valence-electron chi connectivity index (χ4n) is 3.13. The summed E-state index contributed by atoms with van der Waals surface area (Å²) in [5.74, 6) is 0. The quantitative estimate of drug-likeness (QED) is 0.217. The smallest absolute Gasteiger partial charge is 0.319 e. The van der Waals surface area contributed by atoms with Gasteiger partial charge in [-0.05, 0) is 52.3 Å². The topological polar surface area (TPSA) is 82.3 Å². The first kappa shape index (κ1) is 30.4. The summed E-state index contributed by atoms with van der Waals surface area (Å²) in [6.07, 6.45) is 0. The number of nitrogens with one attached hydrogen (secondary N) is 4. The van der Waals surface area contributed by atoms with E-state index in [1.807, 2.05) is 19.1 Å². The van der Waals surface area contributed by atoms with Gasteiger partial charge in [0.2, 0.25) is 0 Å². The molecule has 0 atom stereocenters. The Labute approximate surface area is 211 Å². The van der Waals surface area contributed by atoms with Crippen molar-refractivity contribution in [3.8, 4) is 0 Å². The van der Waals surface area contributed by atoms with Crippen LogP contribution in [0, 0.1) is 6.92 Å². The van der Waals surface area contributed by atoms with E-state index in [0.29, 0.717) is 24.5 Å². The number of carbonyl (C=O) groups excluding carboxylic acids is 2. The second-order valence-electron chi connectivity index (χ2n) is 8.74. The molecule has 0 aliphatic rings. The van der Waals surface area contributed by atoms with Crippen molar-refractivity contribution in [2.45, 2.75) is 34.6 Å². The summed E-state index contributed by atoms with van der Waals surface area (Å²) in [5.41, 5.74) is 2.25. The highest BCUT2D eigenvalue weighted by Gasteiger charge is 2.17. The van der Waals surface area contributed by atoms with Gasteiger partial charge in [0.1, 0.15) is 0 Å². The molecule has 0 radical (unpaired) electrons. The van der Waals surface area contributed by atoms with Crippen LogP contribution in [0.1, 0.15) is 33.3 Å². The molecule has 0 unspecified atom stereocenters. The van der Waals surface area contributed by atoms with Crippen molar-refractivity contribution in [3.63, 3.8) is 0 Å². The van der Waals surface area contributed by atoms with Crippen molar-refractivity contribution in [2.24, 2.45) is 0 Å². The van der Waals surface area contributed by atoms with E-state index >= 15 is 0 Å². The number of hydrogen-bond acceptors (Lipinski definition) is 2. The molecule has 1 aromatic rings. The Morgan fingerprint density at radius 3 is 1.66 bits per heavy atom. The molecule has 1 rings (SSSR count). The summed E-state index contributed by atoms with van der Waals surface area (Å²) in [4.78, 5) is 24.6. The van der Waals surface area contributed by atoms with Gasteiger partial charge < -0.3 is 54.2 Å². The van der Waals surface area contributed by atoms with Gasteiger partial charge in [-0.1, -0.05) is 6.07 Å². The fraction of sp³-hybridized carbons (Fsp3) is 0.652. The number of quaternary nitrogens is 2. The molecule has 4 N–H and O–H groups in total. The maximum absolute atomic E-state index is 12.3. The van der Waals surface area contributed by atoms with Crippen LogP contribution in [0.4, 0.5) is 21.0 Å². The number of anilines is 2. The number of carbonyl (C=O) groups is 2. The highest BCUT2D eigenvalue weighted by Crippen LogP contribution is 2.20. The third-order valence-electron chi connectivity index (χ3n) is 6.67. The van der Waals surface area contributed by atoms with Crippen LogP contribution in [-0.4, -0.2) is 87.5 Å². The molecule has 9 heteroatoms. The monoisotopic (exact) mass is 563 g/mol. The van der Waals surface area contributed by atoms with Gasteiger partial charge in [0, 0.05) is 11.4 Å². The molecule has 0 heterocycles. The van der Waals surface area contributed by atoms with Crippen LogP contribution < -0.4 is 45.2 Å². The predicted octanol–water partition coefficient (Wildman–Crippen LogP) is 0.215. The minimum absolute atomic E-state index is 0. The number of aryl methyl sites for hydroxylation is 1. The zero-order chi connectivity index (χ0) is 23.5. The molecule has 32 heavy (non-hydrogen) atoms. The van der Waals surface area contributed by atoms with Gasteiger partial charge in [0.05, 0.1) is 66.5 Å². The van der Waals surface area contributed by atoms with E-state index in [2.05, 4.69) is 63.1 Å². The lowest BCUT2D eigenvalue weighted by atomic mass is 10.2. The summed E-state index contributed by atoms with van der Waals surface area (Å²) >= 11 is 0. The van der Waals surface area contributed by atoms with Gasteiger partial charge in [0.25, 0.3) is 0 Å². The summed E-state index contributed by atoms with van der Waals surface area (Å²) in [7, 11) is 4.38. The van der Waals surface area contributed by atoms with Crippen molar-refractivity contribution in [1.29, 1.82) is 0 Å².